The van der Waals surface area contributed by atoms with Gasteiger partial charge in [-0.15, -0.1) is 12.4 Å². The van der Waals surface area contributed by atoms with E-state index in [2.05, 4.69) is 5.32 Å². The molecule has 4 rings (SSSR count). The molecule has 1 N–H and O–H groups in total. The summed E-state index contributed by atoms with van der Waals surface area (Å²) in [6, 6.07) is 7.71. The number of likely N-dealkylation sites (tertiary alicyclic amines) is 2. The number of benzene rings is 1. The van der Waals surface area contributed by atoms with Crippen LogP contribution in [0, 0.1) is 5.41 Å². The van der Waals surface area contributed by atoms with Crippen LogP contribution in [-0.4, -0.2) is 53.8 Å². The lowest BCUT2D eigenvalue weighted by molar-refractivity contribution is -0.135. The fraction of sp³-hybridized carbons (Fsp3) is 0.600. The van der Waals surface area contributed by atoms with Gasteiger partial charge in [0, 0.05) is 43.0 Å². The standard InChI is InChI=1S/C20H26ClN3O2.ClH/c21-16-5-3-15(4-6-16)13-24-14-20(12-18(24)25)7-10-23(11-8-20)19(26)17-2-1-9-22-17;/h3-6,17,22H,1-2,7-14H2;1H/t17-;/m0./s1. The molecule has 1 aromatic carbocycles. The average molecular weight is 412 g/mol. The number of halogens is 2. The molecule has 3 saturated heterocycles. The Morgan fingerprint density at radius 3 is 2.56 bits per heavy atom. The summed E-state index contributed by atoms with van der Waals surface area (Å²) in [7, 11) is 0. The summed E-state index contributed by atoms with van der Waals surface area (Å²) < 4.78 is 0. The lowest BCUT2D eigenvalue weighted by Gasteiger charge is -2.39. The van der Waals surface area contributed by atoms with E-state index in [4.69, 9.17) is 11.6 Å². The van der Waals surface area contributed by atoms with Crippen LogP contribution < -0.4 is 5.32 Å². The minimum Gasteiger partial charge on any atom is -0.341 e. The number of piperidine rings is 1. The van der Waals surface area contributed by atoms with E-state index >= 15 is 0 Å². The number of nitrogens with zero attached hydrogens (tertiary/aromatic N) is 2. The van der Waals surface area contributed by atoms with Gasteiger partial charge in [0.2, 0.25) is 11.8 Å². The largest absolute Gasteiger partial charge is 0.341 e. The molecule has 0 aromatic heterocycles. The van der Waals surface area contributed by atoms with Crippen LogP contribution in [0.4, 0.5) is 0 Å². The number of rotatable bonds is 3. The zero-order chi connectivity index (χ0) is 18.1. The van der Waals surface area contributed by atoms with E-state index in [0.717, 1.165) is 57.4 Å². The van der Waals surface area contributed by atoms with Gasteiger partial charge in [-0.1, -0.05) is 23.7 Å². The number of amides is 2. The van der Waals surface area contributed by atoms with Crippen molar-refractivity contribution in [1.29, 1.82) is 0 Å². The Labute approximate surface area is 171 Å². The van der Waals surface area contributed by atoms with Crippen LogP contribution in [0.5, 0.6) is 0 Å². The highest BCUT2D eigenvalue weighted by Gasteiger charge is 2.45. The summed E-state index contributed by atoms with van der Waals surface area (Å²) in [5.41, 5.74) is 1.16. The van der Waals surface area contributed by atoms with E-state index in [1.165, 1.54) is 0 Å². The zero-order valence-corrected chi connectivity index (χ0v) is 17.0. The van der Waals surface area contributed by atoms with Crippen molar-refractivity contribution in [3.05, 3.63) is 34.9 Å². The summed E-state index contributed by atoms with van der Waals surface area (Å²) in [6.07, 6.45) is 4.50. The third-order valence-electron chi connectivity index (χ3n) is 6.19. The first kappa shape index (κ1) is 20.4. The van der Waals surface area contributed by atoms with Gasteiger partial charge < -0.3 is 15.1 Å². The Kier molecular flexibility index (Phi) is 6.34. The molecule has 1 aromatic rings. The van der Waals surface area contributed by atoms with Crippen molar-refractivity contribution in [2.75, 3.05) is 26.2 Å². The summed E-state index contributed by atoms with van der Waals surface area (Å²) in [6.45, 7) is 3.95. The van der Waals surface area contributed by atoms with Gasteiger partial charge in [0.1, 0.15) is 0 Å². The molecule has 7 heteroatoms. The Bertz CT molecular complexity index is 681. The maximum absolute atomic E-state index is 12.6. The maximum Gasteiger partial charge on any atom is 0.239 e. The Morgan fingerprint density at radius 1 is 1.22 bits per heavy atom. The van der Waals surface area contributed by atoms with Gasteiger partial charge in [0.15, 0.2) is 0 Å². The van der Waals surface area contributed by atoms with Crippen LogP contribution in [0.3, 0.4) is 0 Å². The van der Waals surface area contributed by atoms with Gasteiger partial charge in [0.05, 0.1) is 6.04 Å². The molecular formula is C20H27Cl2N3O2. The van der Waals surface area contributed by atoms with Gasteiger partial charge in [-0.05, 0) is 49.9 Å². The SMILES string of the molecule is Cl.O=C1CC2(CCN(C(=O)[C@@H]3CCCN3)CC2)CN1Cc1ccc(Cl)cc1. The van der Waals surface area contributed by atoms with E-state index in [-0.39, 0.29) is 35.7 Å². The topological polar surface area (TPSA) is 52.7 Å². The Hall–Kier alpha value is -1.30. The van der Waals surface area contributed by atoms with Gasteiger partial charge in [-0.3, -0.25) is 9.59 Å². The third-order valence-corrected chi connectivity index (χ3v) is 6.44. The Morgan fingerprint density at radius 2 is 1.93 bits per heavy atom. The first-order chi connectivity index (χ1) is 12.5. The molecule has 148 valence electrons. The molecule has 1 spiro atoms. The van der Waals surface area contributed by atoms with Gasteiger partial charge >= 0.3 is 0 Å². The van der Waals surface area contributed by atoms with E-state index < -0.39 is 0 Å². The minimum atomic E-state index is 0. The van der Waals surface area contributed by atoms with Crippen LogP contribution in [0.25, 0.3) is 0 Å². The van der Waals surface area contributed by atoms with Crippen molar-refractivity contribution in [2.24, 2.45) is 5.41 Å². The van der Waals surface area contributed by atoms with E-state index in [0.29, 0.717) is 18.0 Å². The minimum absolute atomic E-state index is 0. The Balaban J connectivity index is 0.00000210. The molecule has 0 saturated carbocycles. The molecule has 3 fully saturated rings. The highest BCUT2D eigenvalue weighted by Crippen LogP contribution is 2.41. The van der Waals surface area contributed by atoms with Crippen LogP contribution in [-0.2, 0) is 16.1 Å². The molecule has 1 atom stereocenters. The van der Waals surface area contributed by atoms with Crippen molar-refractivity contribution in [1.82, 2.24) is 15.1 Å². The zero-order valence-electron chi connectivity index (χ0n) is 15.5. The highest BCUT2D eigenvalue weighted by atomic mass is 35.5. The van der Waals surface area contributed by atoms with Gasteiger partial charge in [-0.25, -0.2) is 0 Å². The molecule has 3 aliphatic heterocycles. The molecule has 3 aliphatic rings. The predicted octanol–water partition coefficient (Wildman–Crippen LogP) is 2.85. The first-order valence-corrected chi connectivity index (χ1v) is 9.97. The molecule has 0 unspecified atom stereocenters. The smallest absolute Gasteiger partial charge is 0.239 e. The second kappa shape index (κ2) is 8.38. The number of carbonyl (C=O) groups excluding carboxylic acids is 2. The predicted molar refractivity (Wildman–Crippen MR) is 108 cm³/mol. The highest BCUT2D eigenvalue weighted by molar-refractivity contribution is 6.30. The summed E-state index contributed by atoms with van der Waals surface area (Å²) in [5, 5.41) is 4.01. The summed E-state index contributed by atoms with van der Waals surface area (Å²) in [4.78, 5) is 29.1. The lowest BCUT2D eigenvalue weighted by Crippen LogP contribution is -2.49. The molecular weight excluding hydrogens is 385 g/mol. The second-order valence-corrected chi connectivity index (χ2v) is 8.46. The van der Waals surface area contributed by atoms with Crippen molar-refractivity contribution in [3.8, 4) is 0 Å². The van der Waals surface area contributed by atoms with E-state index in [1.54, 1.807) is 0 Å². The van der Waals surface area contributed by atoms with Crippen LogP contribution in [0.1, 0.15) is 37.7 Å². The van der Waals surface area contributed by atoms with Crippen LogP contribution in [0.2, 0.25) is 5.02 Å². The average Bonchev–Trinajstić information content (AvgIpc) is 3.26. The molecule has 0 aliphatic carbocycles. The lowest BCUT2D eigenvalue weighted by atomic mass is 9.77. The second-order valence-electron chi connectivity index (χ2n) is 8.03. The van der Waals surface area contributed by atoms with Crippen LogP contribution >= 0.6 is 24.0 Å². The summed E-state index contributed by atoms with van der Waals surface area (Å²) >= 11 is 5.94. The quantitative estimate of drug-likeness (QED) is 0.831. The van der Waals surface area contributed by atoms with E-state index in [1.807, 2.05) is 34.1 Å². The van der Waals surface area contributed by atoms with Crippen molar-refractivity contribution < 1.29 is 9.59 Å². The fourth-order valence-electron chi connectivity index (χ4n) is 4.59. The first-order valence-electron chi connectivity index (χ1n) is 9.59. The fourth-order valence-corrected chi connectivity index (χ4v) is 4.71. The molecule has 2 amide bonds. The van der Waals surface area contributed by atoms with Gasteiger partial charge in [0.25, 0.3) is 0 Å². The third kappa shape index (κ3) is 4.41. The van der Waals surface area contributed by atoms with Crippen molar-refractivity contribution in [2.45, 2.75) is 44.7 Å². The molecule has 27 heavy (non-hydrogen) atoms. The molecule has 5 nitrogen and oxygen atoms in total. The number of carbonyl (C=O) groups is 2. The van der Waals surface area contributed by atoms with Gasteiger partial charge in [-0.2, -0.15) is 0 Å². The van der Waals surface area contributed by atoms with Crippen LogP contribution in [0.15, 0.2) is 24.3 Å². The molecule has 3 heterocycles. The molecule has 0 radical (unpaired) electrons. The monoisotopic (exact) mass is 411 g/mol. The maximum atomic E-state index is 12.6. The molecule has 0 bridgehead atoms. The normalized spacial score (nSPS) is 24.3. The number of nitrogens with one attached hydrogen (secondary N) is 1. The van der Waals surface area contributed by atoms with Crippen molar-refractivity contribution >= 4 is 35.8 Å². The number of hydrogen-bond acceptors (Lipinski definition) is 3. The van der Waals surface area contributed by atoms with Crippen molar-refractivity contribution in [3.63, 3.8) is 0 Å². The van der Waals surface area contributed by atoms with E-state index in [9.17, 15) is 9.59 Å². The number of hydrogen-bond donors (Lipinski definition) is 1. The summed E-state index contributed by atoms with van der Waals surface area (Å²) in [5.74, 6) is 0.483.